The SMILES string of the molecule is C=CC(=O)/C(O)=C1\NN[C@H](C)N(CCSC)C1=C. The van der Waals surface area contributed by atoms with E-state index in [1.807, 2.05) is 18.1 Å². The van der Waals surface area contributed by atoms with E-state index in [1.54, 1.807) is 11.8 Å². The summed E-state index contributed by atoms with van der Waals surface area (Å²) in [6, 6.07) is 0. The highest BCUT2D eigenvalue weighted by Crippen LogP contribution is 2.20. The van der Waals surface area contributed by atoms with Gasteiger partial charge in [-0.2, -0.15) is 11.8 Å². The molecule has 1 aliphatic rings. The zero-order chi connectivity index (χ0) is 13.7. The monoisotopic (exact) mass is 269 g/mol. The maximum Gasteiger partial charge on any atom is 0.221 e. The molecule has 1 rings (SSSR count). The van der Waals surface area contributed by atoms with Crippen LogP contribution in [0.5, 0.6) is 0 Å². The highest BCUT2D eigenvalue weighted by atomic mass is 32.2. The van der Waals surface area contributed by atoms with Crippen molar-refractivity contribution in [3.63, 3.8) is 0 Å². The van der Waals surface area contributed by atoms with Crippen molar-refractivity contribution in [3.8, 4) is 0 Å². The Bertz CT molecular complexity index is 393. The average molecular weight is 269 g/mol. The number of nitrogens with one attached hydrogen (secondary N) is 2. The number of hydrogen-bond acceptors (Lipinski definition) is 6. The van der Waals surface area contributed by atoms with E-state index < -0.39 is 5.78 Å². The minimum Gasteiger partial charge on any atom is -0.503 e. The normalized spacial score (nSPS) is 22.4. The Morgan fingerprint density at radius 3 is 2.89 bits per heavy atom. The molecule has 1 atom stereocenters. The van der Waals surface area contributed by atoms with E-state index in [0.717, 1.165) is 18.4 Å². The summed E-state index contributed by atoms with van der Waals surface area (Å²) in [5.41, 5.74) is 6.69. The van der Waals surface area contributed by atoms with Gasteiger partial charge in [-0.25, -0.2) is 5.43 Å². The van der Waals surface area contributed by atoms with Crippen LogP contribution in [0.4, 0.5) is 0 Å². The first-order valence-corrected chi connectivity index (χ1v) is 6.98. The van der Waals surface area contributed by atoms with Crippen LogP contribution in [0.25, 0.3) is 0 Å². The Hall–Kier alpha value is -1.40. The van der Waals surface area contributed by atoms with Crippen LogP contribution in [0.2, 0.25) is 0 Å². The van der Waals surface area contributed by atoms with Crippen LogP contribution in [-0.4, -0.2) is 40.5 Å². The number of rotatable bonds is 5. The van der Waals surface area contributed by atoms with E-state index in [-0.39, 0.29) is 11.9 Å². The third-order valence-electron chi connectivity index (χ3n) is 2.70. The van der Waals surface area contributed by atoms with E-state index in [2.05, 4.69) is 24.0 Å². The molecule has 0 bridgehead atoms. The second kappa shape index (κ2) is 6.51. The third kappa shape index (κ3) is 3.08. The summed E-state index contributed by atoms with van der Waals surface area (Å²) in [6.07, 6.45) is 3.14. The summed E-state index contributed by atoms with van der Waals surface area (Å²) in [5, 5.41) is 9.81. The molecule has 18 heavy (non-hydrogen) atoms. The van der Waals surface area contributed by atoms with Crippen molar-refractivity contribution in [2.45, 2.75) is 13.1 Å². The first-order valence-electron chi connectivity index (χ1n) is 5.59. The minimum atomic E-state index is -0.528. The van der Waals surface area contributed by atoms with E-state index >= 15 is 0 Å². The number of ketones is 1. The number of hydrogen-bond donors (Lipinski definition) is 3. The highest BCUT2D eigenvalue weighted by molar-refractivity contribution is 7.98. The fourth-order valence-electron chi connectivity index (χ4n) is 1.64. The average Bonchev–Trinajstić information content (AvgIpc) is 2.37. The van der Waals surface area contributed by atoms with Crippen molar-refractivity contribution in [1.82, 2.24) is 15.8 Å². The molecular formula is C12H19N3O2S. The summed E-state index contributed by atoms with van der Waals surface area (Å²) in [7, 11) is 0. The number of aliphatic hydroxyl groups excluding tert-OH is 1. The largest absolute Gasteiger partial charge is 0.503 e. The van der Waals surface area contributed by atoms with Gasteiger partial charge in [0.2, 0.25) is 5.78 Å². The van der Waals surface area contributed by atoms with Crippen molar-refractivity contribution in [1.29, 1.82) is 0 Å². The molecule has 1 saturated heterocycles. The molecule has 100 valence electrons. The molecule has 0 spiro atoms. The van der Waals surface area contributed by atoms with Crippen molar-refractivity contribution in [2.24, 2.45) is 0 Å². The first-order chi connectivity index (χ1) is 8.52. The second-order valence-electron chi connectivity index (χ2n) is 3.87. The van der Waals surface area contributed by atoms with Gasteiger partial charge in [0.05, 0.1) is 11.9 Å². The lowest BCUT2D eigenvalue weighted by molar-refractivity contribution is -0.113. The lowest BCUT2D eigenvalue weighted by Gasteiger charge is -2.39. The fraction of sp³-hybridized carbons (Fsp3) is 0.417. The summed E-state index contributed by atoms with van der Waals surface area (Å²) in [4.78, 5) is 13.4. The van der Waals surface area contributed by atoms with Gasteiger partial charge in [-0.05, 0) is 19.3 Å². The van der Waals surface area contributed by atoms with Gasteiger partial charge in [-0.3, -0.25) is 4.79 Å². The van der Waals surface area contributed by atoms with Gasteiger partial charge in [0, 0.05) is 12.3 Å². The quantitative estimate of drug-likeness (QED) is 0.514. The number of thioether (sulfide) groups is 1. The zero-order valence-electron chi connectivity index (χ0n) is 10.7. The van der Waals surface area contributed by atoms with Crippen molar-refractivity contribution in [3.05, 3.63) is 36.4 Å². The van der Waals surface area contributed by atoms with Gasteiger partial charge in [-0.15, -0.1) is 0 Å². The van der Waals surface area contributed by atoms with Crippen molar-refractivity contribution < 1.29 is 9.90 Å². The number of carbonyl (C=O) groups is 1. The first kappa shape index (κ1) is 14.7. The Labute approximate surface area is 112 Å². The van der Waals surface area contributed by atoms with Crippen molar-refractivity contribution in [2.75, 3.05) is 18.6 Å². The molecule has 1 fully saturated rings. The standard InChI is InChI=1S/C12H19N3O2S/c1-5-10(16)12(17)11-8(2)15(6-7-18-4)9(3)13-14-11/h5,9,13-14,17H,1-2,6-7H2,3-4H3/b12-11+/t9-/m0/s1. The van der Waals surface area contributed by atoms with E-state index in [0.29, 0.717) is 11.4 Å². The molecule has 3 N–H and O–H groups in total. The highest BCUT2D eigenvalue weighted by Gasteiger charge is 2.26. The van der Waals surface area contributed by atoms with Gasteiger partial charge in [0.25, 0.3) is 0 Å². The number of carbonyl (C=O) groups excluding carboxylic acids is 1. The topological polar surface area (TPSA) is 64.6 Å². The maximum absolute atomic E-state index is 11.4. The predicted octanol–water partition coefficient (Wildman–Crippen LogP) is 1.14. The lowest BCUT2D eigenvalue weighted by atomic mass is 10.2. The summed E-state index contributed by atoms with van der Waals surface area (Å²) in [5.74, 6) is 0.0393. The summed E-state index contributed by atoms with van der Waals surface area (Å²) in [6.45, 7) is 10.0. The predicted molar refractivity (Wildman–Crippen MR) is 74.8 cm³/mol. The van der Waals surface area contributed by atoms with Crippen molar-refractivity contribution >= 4 is 17.5 Å². The van der Waals surface area contributed by atoms with Gasteiger partial charge in [0.15, 0.2) is 5.76 Å². The molecular weight excluding hydrogens is 250 g/mol. The molecule has 0 aromatic rings. The molecule has 1 aliphatic heterocycles. The van der Waals surface area contributed by atoms with Crippen LogP contribution >= 0.6 is 11.8 Å². The number of aliphatic hydroxyl groups is 1. The van der Waals surface area contributed by atoms with Crippen LogP contribution in [0.1, 0.15) is 6.92 Å². The minimum absolute atomic E-state index is 0.0417. The summed E-state index contributed by atoms with van der Waals surface area (Å²) >= 11 is 1.73. The number of nitrogens with zero attached hydrogens (tertiary/aromatic N) is 1. The Morgan fingerprint density at radius 2 is 2.33 bits per heavy atom. The molecule has 0 amide bonds. The number of allylic oxidation sites excluding steroid dienone is 1. The van der Waals surface area contributed by atoms with E-state index in [9.17, 15) is 9.90 Å². The molecule has 0 aromatic heterocycles. The smallest absolute Gasteiger partial charge is 0.221 e. The Kier molecular flexibility index (Phi) is 5.30. The van der Waals surface area contributed by atoms with Crippen LogP contribution in [-0.2, 0) is 4.79 Å². The van der Waals surface area contributed by atoms with Crippen LogP contribution in [0, 0.1) is 0 Å². The molecule has 6 heteroatoms. The van der Waals surface area contributed by atoms with Gasteiger partial charge in [0.1, 0.15) is 5.70 Å². The summed E-state index contributed by atoms with van der Waals surface area (Å²) < 4.78 is 0. The molecule has 0 aromatic carbocycles. The van der Waals surface area contributed by atoms with Gasteiger partial charge >= 0.3 is 0 Å². The number of hydrazine groups is 1. The second-order valence-corrected chi connectivity index (χ2v) is 4.86. The van der Waals surface area contributed by atoms with Crippen LogP contribution in [0.15, 0.2) is 36.4 Å². The molecule has 0 unspecified atom stereocenters. The molecule has 0 radical (unpaired) electrons. The zero-order valence-corrected chi connectivity index (χ0v) is 11.5. The maximum atomic E-state index is 11.4. The fourth-order valence-corrected chi connectivity index (χ4v) is 2.02. The molecule has 0 saturated carbocycles. The van der Waals surface area contributed by atoms with E-state index in [1.165, 1.54) is 0 Å². The third-order valence-corrected chi connectivity index (χ3v) is 3.29. The van der Waals surface area contributed by atoms with Crippen LogP contribution < -0.4 is 10.9 Å². The van der Waals surface area contributed by atoms with Gasteiger partial charge in [-0.1, -0.05) is 13.2 Å². The van der Waals surface area contributed by atoms with Gasteiger partial charge < -0.3 is 15.4 Å². The molecule has 1 heterocycles. The molecule has 5 nitrogen and oxygen atoms in total. The lowest BCUT2D eigenvalue weighted by Crippen LogP contribution is -2.56. The Balaban J connectivity index is 2.94. The Morgan fingerprint density at radius 1 is 1.67 bits per heavy atom. The van der Waals surface area contributed by atoms with E-state index in [4.69, 9.17) is 0 Å². The van der Waals surface area contributed by atoms with Crippen LogP contribution in [0.3, 0.4) is 0 Å². The molecule has 0 aliphatic carbocycles.